The van der Waals surface area contributed by atoms with Crippen LogP contribution in [-0.2, 0) is 4.79 Å². The molecule has 20 heavy (non-hydrogen) atoms. The lowest BCUT2D eigenvalue weighted by Gasteiger charge is -2.08. The van der Waals surface area contributed by atoms with E-state index in [2.05, 4.69) is 10.6 Å². The first-order valence-corrected chi connectivity index (χ1v) is 6.48. The summed E-state index contributed by atoms with van der Waals surface area (Å²) in [6.45, 7) is 2.38. The van der Waals surface area contributed by atoms with Crippen molar-refractivity contribution >= 4 is 23.2 Å². The van der Waals surface area contributed by atoms with Crippen LogP contribution in [0.2, 0.25) is 5.02 Å². The largest absolute Gasteiger partial charge is 0.396 e. The summed E-state index contributed by atoms with van der Waals surface area (Å²) >= 11 is 5.87. The van der Waals surface area contributed by atoms with E-state index in [1.165, 1.54) is 6.20 Å². The number of carbonyl (C=O) groups is 1. The fourth-order valence-electron chi connectivity index (χ4n) is 1.42. The molecule has 0 heterocycles. The zero-order chi connectivity index (χ0) is 15.0. The van der Waals surface area contributed by atoms with Crippen LogP contribution < -0.4 is 10.6 Å². The van der Waals surface area contributed by atoms with Crippen molar-refractivity contribution in [2.24, 2.45) is 0 Å². The number of carbonyl (C=O) groups excluding carboxylic acids is 1. The molecule has 1 aromatic carbocycles. The van der Waals surface area contributed by atoms with Crippen LogP contribution in [0.1, 0.15) is 12.0 Å². The van der Waals surface area contributed by atoms with Crippen molar-refractivity contribution in [2.45, 2.75) is 13.3 Å². The summed E-state index contributed by atoms with van der Waals surface area (Å²) in [7, 11) is 0. The molecule has 3 N–H and O–H groups in total. The number of anilines is 1. The molecule has 1 rings (SSSR count). The Hall–Kier alpha value is -2.03. The maximum absolute atomic E-state index is 11.9. The van der Waals surface area contributed by atoms with Crippen molar-refractivity contribution in [3.05, 3.63) is 40.6 Å². The minimum atomic E-state index is -0.505. The number of nitrogens with one attached hydrogen (secondary N) is 2. The molecule has 0 atom stereocenters. The van der Waals surface area contributed by atoms with Gasteiger partial charge in [0.2, 0.25) is 0 Å². The number of nitrogens with zero attached hydrogens (tertiary/aromatic N) is 1. The molecule has 0 bridgehead atoms. The Balaban J connectivity index is 2.73. The topological polar surface area (TPSA) is 85.2 Å². The number of hydrogen-bond donors (Lipinski definition) is 3. The van der Waals surface area contributed by atoms with Gasteiger partial charge in [-0.05, 0) is 31.0 Å². The van der Waals surface area contributed by atoms with Crippen molar-refractivity contribution in [3.63, 3.8) is 0 Å². The van der Waals surface area contributed by atoms with E-state index in [1.54, 1.807) is 18.2 Å². The van der Waals surface area contributed by atoms with Crippen LogP contribution in [0.15, 0.2) is 30.0 Å². The lowest BCUT2D eigenvalue weighted by molar-refractivity contribution is -0.112. The first-order valence-electron chi connectivity index (χ1n) is 6.10. The number of amides is 1. The van der Waals surface area contributed by atoms with Gasteiger partial charge in [-0.15, -0.1) is 0 Å². The van der Waals surface area contributed by atoms with Gasteiger partial charge in [0.15, 0.2) is 0 Å². The molecule has 0 saturated heterocycles. The summed E-state index contributed by atoms with van der Waals surface area (Å²) in [5, 5.41) is 23.5. The van der Waals surface area contributed by atoms with Crippen LogP contribution in [0.5, 0.6) is 0 Å². The Labute approximate surface area is 122 Å². The third-order valence-electron chi connectivity index (χ3n) is 2.54. The molecule has 0 saturated carbocycles. The molecule has 0 spiro atoms. The van der Waals surface area contributed by atoms with Crippen LogP contribution in [0.3, 0.4) is 0 Å². The van der Waals surface area contributed by atoms with Crippen molar-refractivity contribution in [1.82, 2.24) is 5.32 Å². The number of aliphatic hydroxyl groups is 1. The highest BCUT2D eigenvalue weighted by atomic mass is 35.5. The Morgan fingerprint density at radius 2 is 2.30 bits per heavy atom. The molecule has 0 aliphatic rings. The summed E-state index contributed by atoms with van der Waals surface area (Å²) in [6, 6.07) is 6.96. The van der Waals surface area contributed by atoms with E-state index in [9.17, 15) is 4.79 Å². The second kappa shape index (κ2) is 8.20. The second-order valence-electron chi connectivity index (χ2n) is 4.11. The molecule has 0 aliphatic heterocycles. The standard InChI is InChI=1S/C14H16ClN3O2/c1-10-3-4-12(15)7-13(10)18-14(20)11(8-16)9-17-5-2-6-19/h3-4,7,9,17,19H,2,5-6H2,1H3,(H,18,20)/b11-9-. The summed E-state index contributed by atoms with van der Waals surface area (Å²) in [6.07, 6.45) is 1.88. The fraction of sp³-hybridized carbons (Fsp3) is 0.286. The van der Waals surface area contributed by atoms with Gasteiger partial charge in [-0.3, -0.25) is 4.79 Å². The number of benzene rings is 1. The number of aliphatic hydroxyl groups excluding tert-OH is 1. The predicted molar refractivity (Wildman–Crippen MR) is 78.2 cm³/mol. The molecular weight excluding hydrogens is 278 g/mol. The van der Waals surface area contributed by atoms with Gasteiger partial charge >= 0.3 is 0 Å². The Morgan fingerprint density at radius 1 is 1.55 bits per heavy atom. The van der Waals surface area contributed by atoms with E-state index < -0.39 is 5.91 Å². The van der Waals surface area contributed by atoms with E-state index in [-0.39, 0.29) is 12.2 Å². The maximum Gasteiger partial charge on any atom is 0.267 e. The third kappa shape index (κ3) is 4.92. The van der Waals surface area contributed by atoms with Gasteiger partial charge in [0.1, 0.15) is 11.6 Å². The van der Waals surface area contributed by atoms with E-state index in [4.69, 9.17) is 22.0 Å². The molecule has 0 fully saturated rings. The maximum atomic E-state index is 11.9. The molecule has 1 aromatic rings. The highest BCUT2D eigenvalue weighted by Gasteiger charge is 2.10. The molecule has 106 valence electrons. The summed E-state index contributed by atoms with van der Waals surface area (Å²) in [5.74, 6) is -0.505. The molecule has 5 nitrogen and oxygen atoms in total. The smallest absolute Gasteiger partial charge is 0.267 e. The lowest BCUT2D eigenvalue weighted by atomic mass is 10.2. The fourth-order valence-corrected chi connectivity index (χ4v) is 1.59. The average Bonchev–Trinajstić information content (AvgIpc) is 2.43. The van der Waals surface area contributed by atoms with E-state index in [0.29, 0.717) is 23.7 Å². The zero-order valence-corrected chi connectivity index (χ0v) is 11.9. The van der Waals surface area contributed by atoms with Crippen LogP contribution in [0.4, 0.5) is 5.69 Å². The van der Waals surface area contributed by atoms with E-state index >= 15 is 0 Å². The van der Waals surface area contributed by atoms with E-state index in [0.717, 1.165) is 5.56 Å². The number of nitriles is 1. The zero-order valence-electron chi connectivity index (χ0n) is 11.1. The summed E-state index contributed by atoms with van der Waals surface area (Å²) < 4.78 is 0. The molecule has 0 aliphatic carbocycles. The van der Waals surface area contributed by atoms with Gasteiger partial charge in [0.25, 0.3) is 5.91 Å². The highest BCUT2D eigenvalue weighted by molar-refractivity contribution is 6.31. The third-order valence-corrected chi connectivity index (χ3v) is 2.77. The number of rotatable bonds is 6. The van der Waals surface area contributed by atoms with Gasteiger partial charge in [-0.2, -0.15) is 5.26 Å². The van der Waals surface area contributed by atoms with Crippen molar-refractivity contribution in [2.75, 3.05) is 18.5 Å². The normalized spacial score (nSPS) is 10.8. The summed E-state index contributed by atoms with van der Waals surface area (Å²) in [4.78, 5) is 11.9. The molecule has 0 unspecified atom stereocenters. The molecule has 6 heteroatoms. The Bertz CT molecular complexity index is 550. The molecular formula is C14H16ClN3O2. The van der Waals surface area contributed by atoms with Crippen LogP contribution in [0.25, 0.3) is 0 Å². The van der Waals surface area contributed by atoms with Gasteiger partial charge in [0, 0.05) is 30.1 Å². The lowest BCUT2D eigenvalue weighted by Crippen LogP contribution is -2.18. The highest BCUT2D eigenvalue weighted by Crippen LogP contribution is 2.20. The van der Waals surface area contributed by atoms with Crippen LogP contribution in [-0.4, -0.2) is 24.2 Å². The molecule has 0 aromatic heterocycles. The van der Waals surface area contributed by atoms with Crippen LogP contribution >= 0.6 is 11.6 Å². The number of halogens is 1. The molecule has 0 radical (unpaired) electrons. The number of hydrogen-bond acceptors (Lipinski definition) is 4. The first-order chi connectivity index (χ1) is 9.58. The van der Waals surface area contributed by atoms with Gasteiger partial charge in [-0.25, -0.2) is 0 Å². The van der Waals surface area contributed by atoms with Gasteiger partial charge < -0.3 is 15.7 Å². The van der Waals surface area contributed by atoms with Crippen molar-refractivity contribution < 1.29 is 9.90 Å². The summed E-state index contributed by atoms with van der Waals surface area (Å²) in [5.41, 5.74) is 1.38. The van der Waals surface area contributed by atoms with Gasteiger partial charge in [-0.1, -0.05) is 17.7 Å². The Kier molecular flexibility index (Phi) is 6.57. The number of aryl methyl sites for hydroxylation is 1. The van der Waals surface area contributed by atoms with Gasteiger partial charge in [0.05, 0.1) is 0 Å². The second-order valence-corrected chi connectivity index (χ2v) is 4.55. The molecule has 1 amide bonds. The predicted octanol–water partition coefficient (Wildman–Crippen LogP) is 1.97. The quantitative estimate of drug-likeness (QED) is 0.425. The minimum Gasteiger partial charge on any atom is -0.396 e. The first kappa shape index (κ1) is 16.0. The minimum absolute atomic E-state index is 0.0395. The van der Waals surface area contributed by atoms with E-state index in [1.807, 2.05) is 13.0 Å². The van der Waals surface area contributed by atoms with Crippen molar-refractivity contribution in [3.8, 4) is 6.07 Å². The monoisotopic (exact) mass is 293 g/mol. The SMILES string of the molecule is Cc1ccc(Cl)cc1NC(=O)/C(C#N)=C\NCCCO. The van der Waals surface area contributed by atoms with Crippen LogP contribution in [0, 0.1) is 18.3 Å². The Morgan fingerprint density at radius 3 is 2.95 bits per heavy atom. The van der Waals surface area contributed by atoms with Crippen molar-refractivity contribution in [1.29, 1.82) is 5.26 Å². The average molecular weight is 294 g/mol.